The van der Waals surface area contributed by atoms with E-state index in [0.717, 1.165) is 20.1 Å². The van der Waals surface area contributed by atoms with Gasteiger partial charge in [0.25, 0.3) is 0 Å². The van der Waals surface area contributed by atoms with Crippen LogP contribution >= 0.6 is 0 Å². The maximum atomic E-state index is 10.7. The second-order valence-electron chi connectivity index (χ2n) is 5.19. The standard InChI is InChI=1S/C7H13NO.2C3H9N.C2H4O3/c1-4-5-8-7(9)6(2)3;2*1-4(2)3;1-5-2(3)4/h2,4-5H2,1,3H3,(H,8,9);2*1-3H3;1H3,(H,3,4). The van der Waals surface area contributed by atoms with E-state index in [1.165, 1.54) is 0 Å². The van der Waals surface area contributed by atoms with Gasteiger partial charge in [0, 0.05) is 12.1 Å². The van der Waals surface area contributed by atoms with E-state index in [1.54, 1.807) is 6.92 Å². The van der Waals surface area contributed by atoms with Gasteiger partial charge >= 0.3 is 6.16 Å². The Morgan fingerprint density at radius 2 is 1.36 bits per heavy atom. The summed E-state index contributed by atoms with van der Waals surface area (Å²) in [5, 5.41) is 10.2. The fourth-order valence-electron chi connectivity index (χ4n) is 0.389. The molecule has 134 valence electrons. The van der Waals surface area contributed by atoms with Crippen molar-refractivity contribution < 1.29 is 19.4 Å². The Morgan fingerprint density at radius 1 is 1.09 bits per heavy atom. The lowest BCUT2D eigenvalue weighted by Crippen LogP contribution is -2.24. The fourth-order valence-corrected chi connectivity index (χ4v) is 0.389. The van der Waals surface area contributed by atoms with Crippen molar-refractivity contribution in [2.24, 2.45) is 0 Å². The van der Waals surface area contributed by atoms with Crippen LogP contribution in [0.2, 0.25) is 0 Å². The predicted octanol–water partition coefficient (Wildman–Crippen LogP) is 1.76. The maximum Gasteiger partial charge on any atom is 0.505 e. The molecule has 0 aromatic heterocycles. The molecule has 0 aromatic rings. The second-order valence-corrected chi connectivity index (χ2v) is 5.19. The Hall–Kier alpha value is -1.60. The molecule has 0 radical (unpaired) electrons. The van der Waals surface area contributed by atoms with E-state index in [2.05, 4.69) is 16.6 Å². The number of carbonyl (C=O) groups is 2. The summed E-state index contributed by atoms with van der Waals surface area (Å²) in [5.74, 6) is -0.0446. The summed E-state index contributed by atoms with van der Waals surface area (Å²) in [4.78, 5) is 23.8. The molecule has 2 N–H and O–H groups in total. The van der Waals surface area contributed by atoms with Gasteiger partial charge in [-0.3, -0.25) is 4.79 Å². The number of nitrogens with one attached hydrogen (secondary N) is 1. The van der Waals surface area contributed by atoms with E-state index in [9.17, 15) is 4.79 Å². The SMILES string of the molecule is C=C(C)C(=O)NCCC.CN(C)C.CN(C)C.COC(=O)O. The number of hydrogen-bond acceptors (Lipinski definition) is 5. The van der Waals surface area contributed by atoms with Crippen LogP contribution in [0.1, 0.15) is 20.3 Å². The summed E-state index contributed by atoms with van der Waals surface area (Å²) in [6.45, 7) is 7.95. The lowest BCUT2D eigenvalue weighted by Gasteiger charge is -1.99. The molecule has 0 saturated heterocycles. The zero-order valence-electron chi connectivity index (χ0n) is 15.7. The molecular weight excluding hydrogens is 286 g/mol. The largest absolute Gasteiger partial charge is 0.505 e. The number of hydrogen-bond donors (Lipinski definition) is 2. The van der Waals surface area contributed by atoms with Crippen molar-refractivity contribution in [3.63, 3.8) is 0 Å². The first-order chi connectivity index (χ1) is 9.91. The highest BCUT2D eigenvalue weighted by Gasteiger charge is 1.96. The molecule has 22 heavy (non-hydrogen) atoms. The van der Waals surface area contributed by atoms with E-state index in [4.69, 9.17) is 9.90 Å². The van der Waals surface area contributed by atoms with Crippen LogP contribution in [0.3, 0.4) is 0 Å². The maximum absolute atomic E-state index is 10.7. The lowest BCUT2D eigenvalue weighted by atomic mass is 10.3. The van der Waals surface area contributed by atoms with Crippen LogP contribution in [0, 0.1) is 0 Å². The summed E-state index contributed by atoms with van der Waals surface area (Å²) in [6.07, 6.45) is -0.274. The summed E-state index contributed by atoms with van der Waals surface area (Å²) in [5.41, 5.74) is 0.573. The van der Waals surface area contributed by atoms with Crippen molar-refractivity contribution >= 4 is 12.1 Å². The highest BCUT2D eigenvalue weighted by atomic mass is 16.6. The zero-order valence-corrected chi connectivity index (χ0v) is 15.7. The van der Waals surface area contributed by atoms with E-state index < -0.39 is 6.16 Å². The minimum atomic E-state index is -1.25. The van der Waals surface area contributed by atoms with Crippen LogP contribution in [-0.4, -0.2) is 82.9 Å². The Labute approximate surface area is 135 Å². The summed E-state index contributed by atoms with van der Waals surface area (Å²) in [7, 11) is 13.1. The lowest BCUT2D eigenvalue weighted by molar-refractivity contribution is -0.117. The van der Waals surface area contributed by atoms with Crippen LogP contribution in [0.15, 0.2) is 12.2 Å². The van der Waals surface area contributed by atoms with Gasteiger partial charge in [0.15, 0.2) is 0 Å². The third kappa shape index (κ3) is 79.0. The number of carbonyl (C=O) groups excluding carboxylic acids is 1. The van der Waals surface area contributed by atoms with Gasteiger partial charge in [-0.2, -0.15) is 0 Å². The highest BCUT2D eigenvalue weighted by molar-refractivity contribution is 5.91. The van der Waals surface area contributed by atoms with E-state index in [1.807, 2.05) is 59.0 Å². The number of carboxylic acid groups (broad SMARTS) is 1. The molecule has 0 spiro atoms. The van der Waals surface area contributed by atoms with Crippen molar-refractivity contribution in [1.82, 2.24) is 15.1 Å². The number of methoxy groups -OCH3 is 1. The van der Waals surface area contributed by atoms with E-state index in [0.29, 0.717) is 5.57 Å². The smallest absolute Gasteiger partial charge is 0.450 e. The quantitative estimate of drug-likeness (QED) is 0.609. The Bertz CT molecular complexity index is 268. The molecule has 7 nitrogen and oxygen atoms in total. The van der Waals surface area contributed by atoms with Crippen LogP contribution < -0.4 is 5.32 Å². The monoisotopic (exact) mass is 321 g/mol. The van der Waals surface area contributed by atoms with Crippen molar-refractivity contribution in [3.05, 3.63) is 12.2 Å². The minimum absolute atomic E-state index is 0.0446. The first-order valence-corrected chi connectivity index (χ1v) is 6.84. The minimum Gasteiger partial charge on any atom is -0.450 e. The van der Waals surface area contributed by atoms with Crippen LogP contribution in [0.25, 0.3) is 0 Å². The van der Waals surface area contributed by atoms with Crippen molar-refractivity contribution in [3.8, 4) is 0 Å². The number of nitrogens with zero attached hydrogens (tertiary/aromatic N) is 2. The van der Waals surface area contributed by atoms with Gasteiger partial charge in [0.05, 0.1) is 7.11 Å². The molecule has 0 aliphatic heterocycles. The normalized spacial score (nSPS) is 8.32. The van der Waals surface area contributed by atoms with Crippen molar-refractivity contribution in [2.45, 2.75) is 20.3 Å². The molecule has 0 aliphatic carbocycles. The van der Waals surface area contributed by atoms with Gasteiger partial charge in [-0.05, 0) is 55.6 Å². The molecular formula is C15H35N3O4. The third-order valence-corrected chi connectivity index (χ3v) is 1.10. The van der Waals surface area contributed by atoms with Crippen molar-refractivity contribution in [1.29, 1.82) is 0 Å². The van der Waals surface area contributed by atoms with Gasteiger partial charge in [-0.15, -0.1) is 0 Å². The van der Waals surface area contributed by atoms with Gasteiger partial charge in [0.2, 0.25) is 5.91 Å². The van der Waals surface area contributed by atoms with Crippen molar-refractivity contribution in [2.75, 3.05) is 55.9 Å². The van der Waals surface area contributed by atoms with Crippen LogP contribution in [0.5, 0.6) is 0 Å². The molecule has 0 saturated carbocycles. The second kappa shape index (κ2) is 21.7. The molecule has 1 amide bonds. The molecule has 0 aromatic carbocycles. The van der Waals surface area contributed by atoms with Crippen LogP contribution in [0.4, 0.5) is 4.79 Å². The van der Waals surface area contributed by atoms with E-state index in [-0.39, 0.29) is 5.91 Å². The first-order valence-electron chi connectivity index (χ1n) is 6.84. The van der Waals surface area contributed by atoms with Gasteiger partial charge < -0.3 is 25.0 Å². The first kappa shape index (κ1) is 28.5. The number of rotatable bonds is 3. The van der Waals surface area contributed by atoms with Gasteiger partial charge in [-0.1, -0.05) is 13.5 Å². The summed E-state index contributed by atoms with van der Waals surface area (Å²) in [6, 6.07) is 0. The molecule has 0 unspecified atom stereocenters. The molecule has 0 aliphatic rings. The number of ether oxygens (including phenoxy) is 1. The molecule has 7 heteroatoms. The van der Waals surface area contributed by atoms with Gasteiger partial charge in [-0.25, -0.2) is 4.79 Å². The molecule has 0 rings (SSSR count). The highest BCUT2D eigenvalue weighted by Crippen LogP contribution is 1.84. The average Bonchev–Trinajstić information content (AvgIpc) is 2.35. The molecule has 0 bridgehead atoms. The van der Waals surface area contributed by atoms with Crippen LogP contribution in [-0.2, 0) is 9.53 Å². The Morgan fingerprint density at radius 3 is 1.50 bits per heavy atom. The van der Waals surface area contributed by atoms with Gasteiger partial charge in [0.1, 0.15) is 0 Å². The summed E-state index contributed by atoms with van der Waals surface area (Å²) < 4.78 is 3.67. The Kier molecular flexibility index (Phi) is 28.1. The zero-order chi connectivity index (χ0) is 18.7. The molecule has 0 fully saturated rings. The summed E-state index contributed by atoms with van der Waals surface area (Å²) >= 11 is 0. The molecule has 0 heterocycles. The molecule has 0 atom stereocenters. The fraction of sp³-hybridized carbons (Fsp3) is 0.733. The predicted molar refractivity (Wildman–Crippen MR) is 92.4 cm³/mol. The van der Waals surface area contributed by atoms with E-state index >= 15 is 0 Å². The Balaban J connectivity index is -0.000000107. The third-order valence-electron chi connectivity index (χ3n) is 1.10. The number of amides is 1. The average molecular weight is 321 g/mol. The topological polar surface area (TPSA) is 82.1 Å².